The van der Waals surface area contributed by atoms with Crippen molar-refractivity contribution in [2.45, 2.75) is 13.0 Å². The second-order valence-electron chi connectivity index (χ2n) is 6.70. The second kappa shape index (κ2) is 7.56. The van der Waals surface area contributed by atoms with Crippen LogP contribution < -0.4 is 9.62 Å². The van der Waals surface area contributed by atoms with Crippen LogP contribution in [0.5, 0.6) is 0 Å². The van der Waals surface area contributed by atoms with Crippen molar-refractivity contribution < 1.29 is 17.6 Å². The van der Waals surface area contributed by atoms with E-state index in [4.69, 9.17) is 0 Å². The highest BCUT2D eigenvalue weighted by atomic mass is 32.2. The Kier molecular flexibility index (Phi) is 5.36. The number of para-hydroxylation sites is 1. The molecular formula is C19H22FN3O3S. The first-order chi connectivity index (χ1) is 12.7. The summed E-state index contributed by atoms with van der Waals surface area (Å²) < 4.78 is 39.2. The lowest BCUT2D eigenvalue weighted by molar-refractivity contribution is 0.0674. The molecule has 0 radical (unpaired) electrons. The van der Waals surface area contributed by atoms with Crippen LogP contribution in [0, 0.1) is 5.82 Å². The van der Waals surface area contributed by atoms with E-state index < -0.39 is 10.0 Å². The Labute approximate surface area is 158 Å². The van der Waals surface area contributed by atoms with Crippen LogP contribution in [-0.2, 0) is 10.0 Å². The third-order valence-electron chi connectivity index (χ3n) is 4.49. The Morgan fingerprint density at radius 2 is 1.89 bits per heavy atom. The van der Waals surface area contributed by atoms with Gasteiger partial charge in [-0.15, -0.1) is 0 Å². The largest absolute Gasteiger partial charge is 0.365 e. The Balaban J connectivity index is 1.74. The molecule has 1 aliphatic rings. The Morgan fingerprint density at radius 3 is 2.56 bits per heavy atom. The van der Waals surface area contributed by atoms with Crippen molar-refractivity contribution in [1.82, 2.24) is 4.90 Å². The van der Waals surface area contributed by atoms with Gasteiger partial charge in [-0.2, -0.15) is 0 Å². The van der Waals surface area contributed by atoms with Gasteiger partial charge in [0, 0.05) is 36.9 Å². The zero-order valence-corrected chi connectivity index (χ0v) is 16.0. The van der Waals surface area contributed by atoms with Crippen molar-refractivity contribution in [3.8, 4) is 0 Å². The Hall–Kier alpha value is -2.61. The molecule has 1 unspecified atom stereocenters. The predicted octanol–water partition coefficient (Wildman–Crippen LogP) is 2.55. The number of hydrogen-bond acceptors (Lipinski definition) is 4. The SMILES string of the molecule is CC1CN(c2ccccc2F)CCN1C(=O)c1cccc(NS(C)(=O)=O)c1. The summed E-state index contributed by atoms with van der Waals surface area (Å²) in [6, 6.07) is 12.9. The van der Waals surface area contributed by atoms with Crippen molar-refractivity contribution in [3.63, 3.8) is 0 Å². The van der Waals surface area contributed by atoms with Crippen molar-refractivity contribution in [2.24, 2.45) is 0 Å². The highest BCUT2D eigenvalue weighted by Gasteiger charge is 2.29. The monoisotopic (exact) mass is 391 g/mol. The van der Waals surface area contributed by atoms with Gasteiger partial charge < -0.3 is 9.80 Å². The Morgan fingerprint density at radius 1 is 1.15 bits per heavy atom. The maximum absolute atomic E-state index is 14.0. The molecule has 144 valence electrons. The quantitative estimate of drug-likeness (QED) is 0.870. The fourth-order valence-electron chi connectivity index (χ4n) is 3.28. The fourth-order valence-corrected chi connectivity index (χ4v) is 3.84. The summed E-state index contributed by atoms with van der Waals surface area (Å²) in [4.78, 5) is 16.6. The molecule has 1 saturated heterocycles. The summed E-state index contributed by atoms with van der Waals surface area (Å²) in [5.41, 5.74) is 1.30. The molecule has 3 rings (SSSR count). The van der Waals surface area contributed by atoms with Gasteiger partial charge >= 0.3 is 0 Å². The molecule has 2 aromatic rings. The molecule has 1 N–H and O–H groups in total. The first kappa shape index (κ1) is 19.2. The minimum Gasteiger partial charge on any atom is -0.365 e. The standard InChI is InChI=1S/C19H22FN3O3S/c1-14-13-22(18-9-4-3-8-17(18)20)10-11-23(14)19(24)15-6-5-7-16(12-15)21-27(2,25)26/h3-9,12,14,21H,10-11,13H2,1-2H3. The summed E-state index contributed by atoms with van der Waals surface area (Å²) in [6.45, 7) is 3.42. The molecule has 27 heavy (non-hydrogen) atoms. The van der Waals surface area contributed by atoms with E-state index >= 15 is 0 Å². The maximum Gasteiger partial charge on any atom is 0.254 e. The molecule has 0 saturated carbocycles. The van der Waals surface area contributed by atoms with Gasteiger partial charge in [0.1, 0.15) is 5.82 Å². The molecule has 0 bridgehead atoms. The van der Waals surface area contributed by atoms with Crippen LogP contribution >= 0.6 is 0 Å². The van der Waals surface area contributed by atoms with Gasteiger partial charge in [-0.1, -0.05) is 18.2 Å². The van der Waals surface area contributed by atoms with Crippen molar-refractivity contribution in [1.29, 1.82) is 0 Å². The third kappa shape index (κ3) is 4.57. The molecule has 1 aliphatic heterocycles. The van der Waals surface area contributed by atoms with Gasteiger partial charge in [0.25, 0.3) is 5.91 Å². The van der Waals surface area contributed by atoms with Crippen LogP contribution in [-0.4, -0.2) is 51.2 Å². The van der Waals surface area contributed by atoms with Crippen LogP contribution in [0.25, 0.3) is 0 Å². The highest BCUT2D eigenvalue weighted by Crippen LogP contribution is 2.23. The van der Waals surface area contributed by atoms with Gasteiger partial charge in [-0.3, -0.25) is 9.52 Å². The van der Waals surface area contributed by atoms with Gasteiger partial charge in [0.2, 0.25) is 10.0 Å². The third-order valence-corrected chi connectivity index (χ3v) is 5.10. The second-order valence-corrected chi connectivity index (χ2v) is 8.45. The minimum atomic E-state index is -3.41. The minimum absolute atomic E-state index is 0.114. The van der Waals surface area contributed by atoms with E-state index in [0.717, 1.165) is 6.26 Å². The van der Waals surface area contributed by atoms with Crippen LogP contribution in [0.3, 0.4) is 0 Å². The molecular weight excluding hydrogens is 369 g/mol. The highest BCUT2D eigenvalue weighted by molar-refractivity contribution is 7.92. The average Bonchev–Trinajstić information content (AvgIpc) is 2.60. The van der Waals surface area contributed by atoms with Crippen LogP contribution in [0.4, 0.5) is 15.8 Å². The number of nitrogens with zero attached hydrogens (tertiary/aromatic N) is 2. The molecule has 1 fully saturated rings. The first-order valence-corrected chi connectivity index (χ1v) is 10.5. The summed E-state index contributed by atoms with van der Waals surface area (Å²) in [5, 5.41) is 0. The van der Waals surface area contributed by atoms with E-state index in [1.165, 1.54) is 12.1 Å². The lowest BCUT2D eigenvalue weighted by Gasteiger charge is -2.41. The molecule has 6 nitrogen and oxygen atoms in total. The Bertz CT molecular complexity index is 949. The molecule has 0 aliphatic carbocycles. The molecule has 0 aromatic heterocycles. The smallest absolute Gasteiger partial charge is 0.254 e. The summed E-state index contributed by atoms with van der Waals surface area (Å²) in [7, 11) is -3.41. The molecule has 0 spiro atoms. The zero-order chi connectivity index (χ0) is 19.6. The number of rotatable bonds is 4. The molecule has 1 heterocycles. The molecule has 1 amide bonds. The summed E-state index contributed by atoms with van der Waals surface area (Å²) in [5.74, 6) is -0.447. The molecule has 2 aromatic carbocycles. The average molecular weight is 391 g/mol. The van der Waals surface area contributed by atoms with E-state index in [0.29, 0.717) is 36.6 Å². The van der Waals surface area contributed by atoms with Crippen molar-refractivity contribution in [3.05, 3.63) is 59.9 Å². The van der Waals surface area contributed by atoms with Gasteiger partial charge in [-0.25, -0.2) is 12.8 Å². The van der Waals surface area contributed by atoms with Crippen LogP contribution in [0.2, 0.25) is 0 Å². The molecule has 8 heteroatoms. The number of benzene rings is 2. The number of piperazine rings is 1. The molecule has 1 atom stereocenters. The van der Waals surface area contributed by atoms with E-state index in [9.17, 15) is 17.6 Å². The number of sulfonamides is 1. The van der Waals surface area contributed by atoms with Crippen LogP contribution in [0.15, 0.2) is 48.5 Å². The topological polar surface area (TPSA) is 69.7 Å². The van der Waals surface area contributed by atoms with Gasteiger partial charge in [-0.05, 0) is 37.3 Å². The predicted molar refractivity (Wildman–Crippen MR) is 104 cm³/mol. The van der Waals surface area contributed by atoms with E-state index in [1.54, 1.807) is 41.3 Å². The lowest BCUT2D eigenvalue weighted by atomic mass is 10.1. The summed E-state index contributed by atoms with van der Waals surface area (Å²) >= 11 is 0. The first-order valence-electron chi connectivity index (χ1n) is 8.63. The van der Waals surface area contributed by atoms with Gasteiger partial charge in [0.15, 0.2) is 0 Å². The van der Waals surface area contributed by atoms with E-state index in [-0.39, 0.29) is 17.8 Å². The zero-order valence-electron chi connectivity index (χ0n) is 15.2. The van der Waals surface area contributed by atoms with Crippen LogP contribution in [0.1, 0.15) is 17.3 Å². The number of nitrogens with one attached hydrogen (secondary N) is 1. The normalized spacial score (nSPS) is 17.7. The van der Waals surface area contributed by atoms with Crippen molar-refractivity contribution in [2.75, 3.05) is 35.5 Å². The lowest BCUT2D eigenvalue weighted by Crippen LogP contribution is -2.54. The van der Waals surface area contributed by atoms with E-state index in [2.05, 4.69) is 4.72 Å². The maximum atomic E-state index is 14.0. The number of amides is 1. The number of carbonyl (C=O) groups excluding carboxylic acids is 1. The van der Waals surface area contributed by atoms with E-state index in [1.807, 2.05) is 11.8 Å². The number of hydrogen-bond donors (Lipinski definition) is 1. The van der Waals surface area contributed by atoms with Crippen molar-refractivity contribution >= 4 is 27.3 Å². The number of halogens is 1. The number of anilines is 2. The summed E-state index contributed by atoms with van der Waals surface area (Å²) in [6.07, 6.45) is 1.06. The van der Waals surface area contributed by atoms with Gasteiger partial charge in [0.05, 0.1) is 11.9 Å². The number of carbonyl (C=O) groups is 1. The fraction of sp³-hybridized carbons (Fsp3) is 0.316.